The molecule has 0 aromatic heterocycles. The van der Waals surface area contributed by atoms with Gasteiger partial charge in [0.1, 0.15) is 0 Å². The number of nitrogens with zero attached hydrogens (tertiary/aromatic N) is 1. The Morgan fingerprint density at radius 2 is 1.49 bits per heavy atom. The van der Waals surface area contributed by atoms with E-state index in [4.69, 9.17) is 0 Å². The Bertz CT molecular complexity index is 1330. The number of amides is 2. The second-order valence-electron chi connectivity index (χ2n) is 8.05. The van der Waals surface area contributed by atoms with Gasteiger partial charge in [-0.2, -0.15) is 17.9 Å². The maximum absolute atomic E-state index is 14.6. The average molecular weight is 510 g/mol. The molecule has 35 heavy (non-hydrogen) atoms. The first-order valence-electron chi connectivity index (χ1n) is 10.2. The van der Waals surface area contributed by atoms with Gasteiger partial charge in [0, 0.05) is 24.0 Å². The summed E-state index contributed by atoms with van der Waals surface area (Å²) in [6.45, 7) is 4.95. The van der Waals surface area contributed by atoms with Crippen LogP contribution < -0.4 is 14.9 Å². The molecule has 0 spiro atoms. The van der Waals surface area contributed by atoms with Crippen molar-refractivity contribution >= 4 is 39.0 Å². The van der Waals surface area contributed by atoms with Crippen molar-refractivity contribution in [2.24, 2.45) is 0 Å². The number of carbonyl (C=O) groups excluding carboxylic acids is 3. The summed E-state index contributed by atoms with van der Waals surface area (Å²) in [5.41, 5.74) is -4.17. The molecule has 1 heterocycles. The molecule has 0 saturated heterocycles. The largest absolute Gasteiger partial charge is 0.421 e. The Morgan fingerprint density at radius 3 is 1.94 bits per heavy atom. The molecule has 2 N–H and O–H groups in total. The summed E-state index contributed by atoms with van der Waals surface area (Å²) in [5, 5.41) is 2.40. The minimum absolute atomic E-state index is 0.0434. The van der Waals surface area contributed by atoms with E-state index in [0.717, 1.165) is 31.5 Å². The third-order valence-corrected chi connectivity index (χ3v) is 6.91. The number of sulfonamides is 1. The molecule has 1 atom stereocenters. The summed E-state index contributed by atoms with van der Waals surface area (Å²) in [7, 11) is -4.98. The van der Waals surface area contributed by atoms with Crippen molar-refractivity contribution in [3.8, 4) is 0 Å². The van der Waals surface area contributed by atoms with Crippen molar-refractivity contribution in [1.29, 1.82) is 0 Å². The van der Waals surface area contributed by atoms with Crippen LogP contribution >= 0.6 is 0 Å². The molecule has 0 radical (unpaired) electrons. The highest BCUT2D eigenvalue weighted by atomic mass is 32.2. The first kappa shape index (κ1) is 26.1. The lowest BCUT2D eigenvalue weighted by molar-refractivity contribution is -0.183. The van der Waals surface area contributed by atoms with Gasteiger partial charge in [-0.05, 0) is 57.2 Å². The van der Waals surface area contributed by atoms with E-state index in [1.54, 1.807) is 19.1 Å². The van der Waals surface area contributed by atoms with Gasteiger partial charge in [-0.3, -0.25) is 19.3 Å². The number of allylic oxidation sites excluding steroid dienone is 1. The minimum Gasteiger partial charge on any atom is -0.326 e. The van der Waals surface area contributed by atoms with Crippen LogP contribution in [0.5, 0.6) is 0 Å². The molecule has 0 saturated carbocycles. The molecular formula is C23H22F3N3O5S. The third kappa shape index (κ3) is 4.58. The van der Waals surface area contributed by atoms with Crippen LogP contribution in [0.3, 0.4) is 0 Å². The lowest BCUT2D eigenvalue weighted by atomic mass is 9.88. The topological polar surface area (TPSA) is 113 Å². The van der Waals surface area contributed by atoms with Gasteiger partial charge in [0.05, 0.1) is 10.5 Å². The first-order valence-corrected chi connectivity index (χ1v) is 11.7. The van der Waals surface area contributed by atoms with Gasteiger partial charge in [0.2, 0.25) is 21.5 Å². The average Bonchev–Trinajstić information content (AvgIpc) is 2.95. The van der Waals surface area contributed by atoms with E-state index in [-0.39, 0.29) is 17.1 Å². The number of hydrogen-bond donors (Lipinski definition) is 2. The summed E-state index contributed by atoms with van der Waals surface area (Å²) in [5.74, 6) is -3.23. The lowest BCUT2D eigenvalue weighted by Crippen LogP contribution is -2.66. The molecule has 186 valence electrons. The van der Waals surface area contributed by atoms with Crippen molar-refractivity contribution in [1.82, 2.24) is 4.72 Å². The first-order chi connectivity index (χ1) is 16.1. The summed E-state index contributed by atoms with van der Waals surface area (Å²) in [4.78, 5) is 37.1. The number of aryl methyl sites for hydroxylation is 1. The minimum atomic E-state index is -5.50. The number of nitrogens with one attached hydrogen (secondary N) is 2. The van der Waals surface area contributed by atoms with Crippen molar-refractivity contribution in [3.63, 3.8) is 0 Å². The molecule has 2 aromatic carbocycles. The Labute approximate surface area is 199 Å². The highest BCUT2D eigenvalue weighted by Gasteiger charge is 2.70. The smallest absolute Gasteiger partial charge is 0.326 e. The van der Waals surface area contributed by atoms with Gasteiger partial charge < -0.3 is 5.32 Å². The Hall–Kier alpha value is -3.51. The fourth-order valence-electron chi connectivity index (χ4n) is 3.93. The van der Waals surface area contributed by atoms with E-state index < -0.39 is 49.8 Å². The van der Waals surface area contributed by atoms with Crippen molar-refractivity contribution < 1.29 is 36.0 Å². The second-order valence-corrected chi connectivity index (χ2v) is 9.73. The van der Waals surface area contributed by atoms with Gasteiger partial charge in [0.15, 0.2) is 5.78 Å². The maximum atomic E-state index is 14.6. The predicted molar refractivity (Wildman–Crippen MR) is 122 cm³/mol. The van der Waals surface area contributed by atoms with Crippen LogP contribution in [0.2, 0.25) is 0 Å². The molecule has 12 heteroatoms. The number of benzene rings is 2. The van der Waals surface area contributed by atoms with E-state index in [1.807, 2.05) is 0 Å². The van der Waals surface area contributed by atoms with E-state index in [1.165, 1.54) is 35.9 Å². The van der Waals surface area contributed by atoms with Gasteiger partial charge in [0.25, 0.3) is 5.91 Å². The van der Waals surface area contributed by atoms with Gasteiger partial charge >= 0.3 is 6.18 Å². The fourth-order valence-corrected chi connectivity index (χ4v) is 5.25. The molecule has 0 aliphatic carbocycles. The monoisotopic (exact) mass is 509 g/mol. The quantitative estimate of drug-likeness (QED) is 0.620. The second kappa shape index (κ2) is 8.93. The Kier molecular flexibility index (Phi) is 6.66. The zero-order chi connectivity index (χ0) is 26.3. The fraction of sp³-hybridized carbons (Fsp3) is 0.261. The van der Waals surface area contributed by atoms with Gasteiger partial charge in [-0.15, -0.1) is 0 Å². The highest BCUT2D eigenvalue weighted by Crippen LogP contribution is 2.47. The number of hydrogen-bond acceptors (Lipinski definition) is 5. The molecule has 8 nitrogen and oxygen atoms in total. The van der Waals surface area contributed by atoms with Crippen LogP contribution in [0, 0.1) is 6.92 Å². The number of rotatable bonds is 6. The van der Waals surface area contributed by atoms with Crippen molar-refractivity contribution in [2.75, 3.05) is 10.2 Å². The highest BCUT2D eigenvalue weighted by molar-refractivity contribution is 7.89. The number of carbonyl (C=O) groups is 3. The van der Waals surface area contributed by atoms with E-state index in [2.05, 4.69) is 5.32 Å². The molecular weight excluding hydrogens is 487 g/mol. The SMILES string of the molecule is CC(=O)Nc1ccc(S(=O)(=O)N[C@]2(C(F)(F)F)C(=O)N(c3ccc(C)cc3)C(C)=C2C(C)=O)cc1. The standard InChI is InChI=1S/C23H22F3N3O5S/c1-13-5-9-18(10-6-13)29-14(2)20(15(3)30)22(21(29)32,23(24,25)26)28-35(33,34)19-11-7-17(8-12-19)27-16(4)31/h5-12,28H,1-4H3,(H,27,31)/t22-/m0/s1. The number of ketones is 1. The molecule has 0 unspecified atom stereocenters. The van der Waals surface area contributed by atoms with E-state index in [9.17, 15) is 36.0 Å². The van der Waals surface area contributed by atoms with Crippen molar-refractivity contribution in [2.45, 2.75) is 44.3 Å². The zero-order valence-electron chi connectivity index (χ0n) is 19.1. The van der Waals surface area contributed by atoms with E-state index >= 15 is 0 Å². The number of Topliss-reactive ketones (excluding diaryl/α,β-unsaturated/α-hetero) is 1. The van der Waals surface area contributed by atoms with Crippen LogP contribution in [-0.4, -0.2) is 37.7 Å². The maximum Gasteiger partial charge on any atom is 0.421 e. The summed E-state index contributed by atoms with van der Waals surface area (Å²) in [6.07, 6.45) is -5.50. The molecule has 0 bridgehead atoms. The lowest BCUT2D eigenvalue weighted by Gasteiger charge is -2.33. The summed E-state index contributed by atoms with van der Waals surface area (Å²) < 4.78 is 71.6. The van der Waals surface area contributed by atoms with Crippen LogP contribution in [0.25, 0.3) is 0 Å². The number of halogens is 3. The molecule has 3 rings (SSSR count). The molecule has 1 aliphatic rings. The van der Waals surface area contributed by atoms with Crippen LogP contribution in [-0.2, 0) is 24.4 Å². The normalized spacial score (nSPS) is 18.7. The van der Waals surface area contributed by atoms with Crippen molar-refractivity contribution in [3.05, 3.63) is 65.4 Å². The van der Waals surface area contributed by atoms with Gasteiger partial charge in [-0.25, -0.2) is 8.42 Å². The molecule has 2 aromatic rings. The number of alkyl halides is 3. The summed E-state index contributed by atoms with van der Waals surface area (Å²) in [6, 6.07) is 10.2. The Morgan fingerprint density at radius 1 is 0.943 bits per heavy atom. The van der Waals surface area contributed by atoms with Crippen LogP contribution in [0.1, 0.15) is 26.3 Å². The molecule has 0 fully saturated rings. The Balaban J connectivity index is 2.17. The summed E-state index contributed by atoms with van der Waals surface area (Å²) >= 11 is 0. The molecule has 2 amide bonds. The van der Waals surface area contributed by atoms with Crippen LogP contribution in [0.4, 0.5) is 24.5 Å². The number of anilines is 2. The van der Waals surface area contributed by atoms with Crippen LogP contribution in [0.15, 0.2) is 64.7 Å². The zero-order valence-corrected chi connectivity index (χ0v) is 20.0. The van der Waals surface area contributed by atoms with Gasteiger partial charge in [-0.1, -0.05) is 17.7 Å². The third-order valence-electron chi connectivity index (χ3n) is 5.44. The predicted octanol–water partition coefficient (Wildman–Crippen LogP) is 3.44. The molecule has 1 aliphatic heterocycles. The van der Waals surface area contributed by atoms with E-state index in [0.29, 0.717) is 4.90 Å².